The van der Waals surface area contributed by atoms with Gasteiger partial charge in [0.1, 0.15) is 0 Å². The van der Waals surface area contributed by atoms with Crippen LogP contribution in [0.15, 0.2) is 121 Å². The van der Waals surface area contributed by atoms with Crippen molar-refractivity contribution in [2.24, 2.45) is 0 Å². The van der Waals surface area contributed by atoms with Gasteiger partial charge in [-0.05, 0) is 0 Å². The van der Waals surface area contributed by atoms with Crippen LogP contribution in [-0.4, -0.2) is 0 Å². The smallest absolute Gasteiger partial charge is 0.598 e. The molecule has 150 valence electrons. The topological polar surface area (TPSA) is 63.2 Å². The van der Waals surface area contributed by atoms with Crippen LogP contribution >= 0.6 is 8.25 Å². The third-order valence-electron chi connectivity index (χ3n) is 2.43. The largest absolute Gasteiger partial charge is 3.00 e. The molecule has 0 atom stereocenters. The van der Waals surface area contributed by atoms with Gasteiger partial charge in [0, 0.05) is 0 Å². The molecule has 0 bridgehead atoms. The first-order valence-corrected chi connectivity index (χ1v) is 9.29. The van der Waals surface area contributed by atoms with Crippen molar-refractivity contribution in [3.8, 4) is 0 Å². The quantitative estimate of drug-likeness (QED) is 0.205. The molecule has 0 N–H and O–H groups in total. The van der Waals surface area contributed by atoms with Gasteiger partial charge in [0.05, 0.1) is 0 Å². The number of hydrogen-bond acceptors (Lipinski definition) is 3. The zero-order valence-electron chi connectivity index (χ0n) is 16.0. The van der Waals surface area contributed by atoms with Crippen LogP contribution < -0.4 is 9.79 Å². The molecule has 6 heteroatoms. The summed E-state index contributed by atoms with van der Waals surface area (Å²) in [5.41, 5.74) is 0. The number of hydrogen-bond donors (Lipinski definition) is 0. The van der Waals surface area contributed by atoms with Gasteiger partial charge in [-0.2, -0.15) is 146 Å². The zero-order valence-corrected chi connectivity index (χ0v) is 22.2. The Morgan fingerprint density at radius 1 is 0.400 bits per heavy atom. The molecule has 0 aromatic heterocycles. The summed E-state index contributed by atoms with van der Waals surface area (Å²) in [4.78, 5) is 17.0. The summed E-state index contributed by atoms with van der Waals surface area (Å²) in [5, 5.41) is 0. The van der Waals surface area contributed by atoms with E-state index in [1.54, 1.807) is 0 Å². The summed E-state index contributed by atoms with van der Waals surface area (Å²) in [6.07, 6.45) is 0. The first-order valence-electron chi connectivity index (χ1n) is 8.19. The van der Waals surface area contributed by atoms with E-state index in [0.29, 0.717) is 0 Å². The Morgan fingerprint density at radius 3 is 0.567 bits per heavy atom. The van der Waals surface area contributed by atoms with Crippen molar-refractivity contribution in [3.63, 3.8) is 0 Å². The molecule has 30 heavy (non-hydrogen) atoms. The summed E-state index contributed by atoms with van der Waals surface area (Å²) in [6.45, 7) is 0. The molecule has 0 spiro atoms. The molecule has 0 aliphatic rings. The normalized spacial score (nSPS) is 7.27. The van der Waals surface area contributed by atoms with Gasteiger partial charge in [0.15, 0.2) is 0 Å². The first-order chi connectivity index (χ1) is 13.7. The molecule has 0 fully saturated rings. The maximum absolute atomic E-state index is 8.48. The summed E-state index contributed by atoms with van der Waals surface area (Å²) >= 11 is 0. The number of rotatable bonds is 0. The van der Waals surface area contributed by atoms with E-state index in [2.05, 4.69) is 24.3 Å². The van der Waals surface area contributed by atoms with Crippen LogP contribution in [0.2, 0.25) is 0 Å². The second-order valence-electron chi connectivity index (χ2n) is 4.53. The van der Waals surface area contributed by atoms with Crippen LogP contribution in [0.4, 0.5) is 0 Å². The molecule has 3 nitrogen and oxygen atoms in total. The van der Waals surface area contributed by atoms with Crippen molar-refractivity contribution in [1.29, 1.82) is 0 Å². The van der Waals surface area contributed by atoms with Crippen molar-refractivity contribution in [3.05, 3.63) is 146 Å². The van der Waals surface area contributed by atoms with Gasteiger partial charge < -0.3 is 9.79 Å². The predicted octanol–water partition coefficient (Wildman–Crippen LogP) is 4.31. The van der Waals surface area contributed by atoms with Gasteiger partial charge in [-0.15, -0.1) is 0 Å². The Labute approximate surface area is 245 Å². The average molecular weight is 688 g/mol. The molecule has 0 heterocycles. The Hall–Kier alpha value is -0.425. The first kappa shape index (κ1) is 34.2. The fraction of sp³-hybridized carbons (Fsp3) is 0. The molecule has 0 saturated carbocycles. The van der Waals surface area contributed by atoms with Gasteiger partial charge in [0.25, 0.3) is 8.25 Å². The molecule has 4 rings (SSSR count). The van der Waals surface area contributed by atoms with Crippen LogP contribution in [-0.2, 0) is 4.57 Å². The van der Waals surface area contributed by atoms with Gasteiger partial charge >= 0.3 is 80.8 Å². The monoisotopic (exact) mass is 691 g/mol. The fourth-order valence-corrected chi connectivity index (χ4v) is 1.37. The van der Waals surface area contributed by atoms with E-state index in [1.165, 1.54) is 0 Å². The molecule has 0 unspecified atom stereocenters. The van der Waals surface area contributed by atoms with E-state index in [0.717, 1.165) is 0 Å². The number of benzene rings is 4. The van der Waals surface area contributed by atoms with Crippen molar-refractivity contribution < 1.29 is 95.1 Å². The average Bonchev–Trinajstić information content (AvgIpc) is 2.79. The summed E-state index contributed by atoms with van der Waals surface area (Å²) in [6, 6.07) is 50.0. The van der Waals surface area contributed by atoms with Crippen LogP contribution in [0.1, 0.15) is 0 Å². The molecule has 2 radical (unpaired) electrons. The maximum atomic E-state index is 8.48. The second kappa shape index (κ2) is 30.8. The Balaban J connectivity index is -0.000000301. The fourth-order valence-electron chi connectivity index (χ4n) is 1.37. The van der Waals surface area contributed by atoms with Crippen LogP contribution in [0.3, 0.4) is 0 Å². The minimum absolute atomic E-state index is 0. The predicted molar refractivity (Wildman–Crippen MR) is 109 cm³/mol. The molecule has 0 aliphatic carbocycles. The van der Waals surface area contributed by atoms with Gasteiger partial charge in [-0.3, -0.25) is 0 Å². The van der Waals surface area contributed by atoms with E-state index >= 15 is 0 Å². The van der Waals surface area contributed by atoms with E-state index < -0.39 is 8.25 Å². The van der Waals surface area contributed by atoms with Crippen LogP contribution in [0.5, 0.6) is 0 Å². The SMILES string of the molecule is O=[P+]([O-])[O-].[Sm+3].[Sm+3].[c-]1ccccc1.[c-]1ccccc1.[c-]1ccccc1.[c-]1ccccc1. The summed E-state index contributed by atoms with van der Waals surface area (Å²) in [5.74, 6) is 0. The summed E-state index contributed by atoms with van der Waals surface area (Å²) < 4.78 is 8.48. The molecular weight excluding hydrogens is 668 g/mol. The third kappa shape index (κ3) is 35.0. The van der Waals surface area contributed by atoms with Gasteiger partial charge in [-0.1, -0.05) is 4.57 Å². The van der Waals surface area contributed by atoms with Crippen LogP contribution in [0, 0.1) is 105 Å². The van der Waals surface area contributed by atoms with E-state index in [1.807, 2.05) is 121 Å². The van der Waals surface area contributed by atoms with Gasteiger partial charge in [0.2, 0.25) is 0 Å². The Kier molecular flexibility index (Phi) is 35.1. The zero-order chi connectivity index (χ0) is 20.5. The molecule has 4 aromatic rings. The molecule has 4 aromatic carbocycles. The third-order valence-corrected chi connectivity index (χ3v) is 2.43. The van der Waals surface area contributed by atoms with E-state index in [-0.39, 0.29) is 80.8 Å². The standard InChI is InChI=1S/4C6H5.HO3P.2Sm/c4*1-2-4-6-5-3-1;1-4(2)3;;/h4*1-5H;(H,1,2,3);;/q4*-1;;2*+3/p-1. The minimum atomic E-state index is -3.37. The molecule has 0 amide bonds. The minimum Gasteiger partial charge on any atom is -0.598 e. The molecular formula is C24H20O3PSm2+. The van der Waals surface area contributed by atoms with E-state index in [9.17, 15) is 0 Å². The van der Waals surface area contributed by atoms with Crippen molar-refractivity contribution in [2.75, 3.05) is 0 Å². The summed E-state index contributed by atoms with van der Waals surface area (Å²) in [7, 11) is -3.37. The maximum Gasteiger partial charge on any atom is 3.00 e. The Bertz CT molecular complexity index is 526. The second-order valence-corrected chi connectivity index (χ2v) is 4.98. The van der Waals surface area contributed by atoms with Crippen molar-refractivity contribution in [2.45, 2.75) is 0 Å². The molecule has 0 saturated heterocycles. The van der Waals surface area contributed by atoms with Gasteiger partial charge in [-0.25, -0.2) is 0 Å². The van der Waals surface area contributed by atoms with Crippen molar-refractivity contribution in [1.82, 2.24) is 0 Å². The van der Waals surface area contributed by atoms with Crippen molar-refractivity contribution >= 4 is 8.25 Å². The van der Waals surface area contributed by atoms with Crippen LogP contribution in [0.25, 0.3) is 0 Å². The Morgan fingerprint density at radius 2 is 0.533 bits per heavy atom. The van der Waals surface area contributed by atoms with E-state index in [4.69, 9.17) is 14.4 Å². The molecule has 0 aliphatic heterocycles.